The van der Waals surface area contributed by atoms with Gasteiger partial charge in [-0.3, -0.25) is 0 Å². The first-order chi connectivity index (χ1) is 9.66. The number of unbranched alkanes of at least 4 members (excludes halogenated alkanes) is 10. The zero-order valence-electron chi connectivity index (χ0n) is 14.8. The normalized spacial score (nSPS) is 13.1. The van der Waals surface area contributed by atoms with E-state index in [9.17, 15) is 0 Å². The topological polar surface area (TPSA) is 9.23 Å². The summed E-state index contributed by atoms with van der Waals surface area (Å²) in [5, 5.41) is 0. The van der Waals surface area contributed by atoms with Crippen LogP contribution in [0.1, 0.15) is 104 Å². The highest BCUT2D eigenvalue weighted by Gasteiger charge is 1.98. The number of rotatable bonds is 15. The van der Waals surface area contributed by atoms with E-state index in [1.54, 1.807) is 0 Å². The minimum Gasteiger partial charge on any atom is -0.382 e. The molecule has 0 heterocycles. The van der Waals surface area contributed by atoms with Crippen LogP contribution >= 0.6 is 0 Å². The van der Waals surface area contributed by atoms with Crippen LogP contribution in [0.2, 0.25) is 0 Å². The van der Waals surface area contributed by atoms with Crippen molar-refractivity contribution in [1.29, 1.82) is 0 Å². The Labute approximate surface area is 128 Å². The van der Waals surface area contributed by atoms with Gasteiger partial charge in [0.25, 0.3) is 0 Å². The van der Waals surface area contributed by atoms with E-state index in [1.807, 2.05) is 7.11 Å². The molecule has 0 saturated heterocycles. The van der Waals surface area contributed by atoms with Crippen molar-refractivity contribution in [2.75, 3.05) is 7.11 Å². The molecule has 0 amide bonds. The number of hydrogen-bond donors (Lipinski definition) is 0. The average molecular weight is 285 g/mol. The van der Waals surface area contributed by atoms with Crippen LogP contribution < -0.4 is 0 Å². The van der Waals surface area contributed by atoms with E-state index in [1.165, 1.54) is 83.5 Å². The molecule has 0 N–H and O–H groups in total. The fourth-order valence-electron chi connectivity index (χ4n) is 2.69. The van der Waals surface area contributed by atoms with Crippen LogP contribution in [0.5, 0.6) is 0 Å². The van der Waals surface area contributed by atoms with Gasteiger partial charge in [-0.25, -0.2) is 0 Å². The van der Waals surface area contributed by atoms with E-state index < -0.39 is 0 Å². The van der Waals surface area contributed by atoms with Crippen LogP contribution in [0.4, 0.5) is 0 Å². The largest absolute Gasteiger partial charge is 0.382 e. The molecule has 1 unspecified atom stereocenters. The lowest BCUT2D eigenvalue weighted by atomic mass is 10.0. The highest BCUT2D eigenvalue weighted by atomic mass is 16.5. The Morgan fingerprint density at radius 1 is 0.550 bits per heavy atom. The van der Waals surface area contributed by atoms with E-state index >= 15 is 0 Å². The predicted molar refractivity (Wildman–Crippen MR) is 91.3 cm³/mol. The van der Waals surface area contributed by atoms with Crippen molar-refractivity contribution in [2.24, 2.45) is 5.92 Å². The molecule has 20 heavy (non-hydrogen) atoms. The highest BCUT2D eigenvalue weighted by molar-refractivity contribution is 4.52. The first kappa shape index (κ1) is 20.0. The Hall–Kier alpha value is -0.0400. The molecule has 0 aliphatic heterocycles. The molecule has 122 valence electrons. The average Bonchev–Trinajstić information content (AvgIpc) is 2.43. The molecule has 0 radical (unpaired) electrons. The standard InChI is InChI=1S/C19H40O/c1-18(2)16-14-12-10-8-6-5-7-9-11-13-15-17-19(3)20-4/h18-19H,5-17H2,1-4H3. The third kappa shape index (κ3) is 16.0. The van der Waals surface area contributed by atoms with Gasteiger partial charge in [-0.05, 0) is 19.3 Å². The zero-order valence-corrected chi connectivity index (χ0v) is 14.8. The van der Waals surface area contributed by atoms with Gasteiger partial charge in [0.1, 0.15) is 0 Å². The third-order valence-corrected chi connectivity index (χ3v) is 4.29. The maximum absolute atomic E-state index is 5.26. The summed E-state index contributed by atoms with van der Waals surface area (Å²) in [7, 11) is 1.81. The summed E-state index contributed by atoms with van der Waals surface area (Å²) in [6.45, 7) is 6.83. The van der Waals surface area contributed by atoms with Crippen LogP contribution in [0.15, 0.2) is 0 Å². The molecule has 1 nitrogen and oxygen atoms in total. The SMILES string of the molecule is COC(C)CCCCCCCCCCCCCC(C)C. The Balaban J connectivity index is 2.99. The fourth-order valence-corrected chi connectivity index (χ4v) is 2.69. The van der Waals surface area contributed by atoms with Crippen molar-refractivity contribution in [3.63, 3.8) is 0 Å². The molecule has 0 rings (SSSR count). The van der Waals surface area contributed by atoms with E-state index in [0.29, 0.717) is 6.10 Å². The van der Waals surface area contributed by atoms with Crippen molar-refractivity contribution in [3.05, 3.63) is 0 Å². The first-order valence-corrected chi connectivity index (χ1v) is 9.19. The van der Waals surface area contributed by atoms with E-state index in [-0.39, 0.29) is 0 Å². The minimum atomic E-state index is 0.450. The lowest BCUT2D eigenvalue weighted by molar-refractivity contribution is 0.108. The maximum Gasteiger partial charge on any atom is 0.0543 e. The fraction of sp³-hybridized carbons (Fsp3) is 1.00. The second-order valence-electron chi connectivity index (χ2n) is 6.91. The van der Waals surface area contributed by atoms with Gasteiger partial charge in [-0.1, -0.05) is 90.9 Å². The number of methoxy groups -OCH3 is 1. The summed E-state index contributed by atoms with van der Waals surface area (Å²) in [5.41, 5.74) is 0. The lowest BCUT2D eigenvalue weighted by Crippen LogP contribution is -2.03. The molecular weight excluding hydrogens is 244 g/mol. The molecule has 0 saturated carbocycles. The van der Waals surface area contributed by atoms with E-state index in [2.05, 4.69) is 20.8 Å². The number of hydrogen-bond acceptors (Lipinski definition) is 1. The van der Waals surface area contributed by atoms with Crippen molar-refractivity contribution < 1.29 is 4.74 Å². The Bertz CT molecular complexity index is 177. The van der Waals surface area contributed by atoms with Gasteiger partial charge >= 0.3 is 0 Å². The molecule has 0 aromatic rings. The molecule has 0 aromatic carbocycles. The maximum atomic E-state index is 5.26. The molecule has 1 atom stereocenters. The van der Waals surface area contributed by atoms with Crippen molar-refractivity contribution >= 4 is 0 Å². The summed E-state index contributed by atoms with van der Waals surface area (Å²) in [4.78, 5) is 0. The highest BCUT2D eigenvalue weighted by Crippen LogP contribution is 2.14. The van der Waals surface area contributed by atoms with Crippen molar-refractivity contribution in [2.45, 2.75) is 110 Å². The Morgan fingerprint density at radius 3 is 1.25 bits per heavy atom. The molecule has 0 bridgehead atoms. The summed E-state index contributed by atoms with van der Waals surface area (Å²) in [5.74, 6) is 0.891. The van der Waals surface area contributed by atoms with Gasteiger partial charge in [0.15, 0.2) is 0 Å². The summed E-state index contributed by atoms with van der Waals surface area (Å²) in [6.07, 6.45) is 18.9. The first-order valence-electron chi connectivity index (χ1n) is 9.19. The van der Waals surface area contributed by atoms with Gasteiger partial charge in [0.05, 0.1) is 6.10 Å². The quantitative estimate of drug-likeness (QED) is 0.302. The molecule has 0 aliphatic rings. The second-order valence-corrected chi connectivity index (χ2v) is 6.91. The summed E-state index contributed by atoms with van der Waals surface area (Å²) < 4.78 is 5.26. The molecule has 0 spiro atoms. The predicted octanol–water partition coefficient (Wildman–Crippen LogP) is 6.75. The van der Waals surface area contributed by atoms with Gasteiger partial charge in [-0.2, -0.15) is 0 Å². The Morgan fingerprint density at radius 2 is 0.900 bits per heavy atom. The van der Waals surface area contributed by atoms with Gasteiger partial charge in [0, 0.05) is 7.11 Å². The van der Waals surface area contributed by atoms with E-state index in [0.717, 1.165) is 5.92 Å². The monoisotopic (exact) mass is 284 g/mol. The van der Waals surface area contributed by atoms with Gasteiger partial charge in [-0.15, -0.1) is 0 Å². The number of ether oxygens (including phenoxy) is 1. The molecule has 0 aromatic heterocycles. The Kier molecular flexibility index (Phi) is 15.3. The smallest absolute Gasteiger partial charge is 0.0543 e. The zero-order chi connectivity index (χ0) is 15.1. The van der Waals surface area contributed by atoms with Gasteiger partial charge in [0.2, 0.25) is 0 Å². The molecular formula is C19H40O. The van der Waals surface area contributed by atoms with E-state index in [4.69, 9.17) is 4.74 Å². The molecule has 1 heteroatoms. The van der Waals surface area contributed by atoms with Gasteiger partial charge < -0.3 is 4.74 Å². The van der Waals surface area contributed by atoms with Crippen LogP contribution in [-0.2, 0) is 4.74 Å². The van der Waals surface area contributed by atoms with Crippen molar-refractivity contribution in [1.82, 2.24) is 0 Å². The van der Waals surface area contributed by atoms with Crippen LogP contribution in [0.3, 0.4) is 0 Å². The van der Waals surface area contributed by atoms with Crippen molar-refractivity contribution in [3.8, 4) is 0 Å². The minimum absolute atomic E-state index is 0.450. The van der Waals surface area contributed by atoms with Crippen LogP contribution in [0.25, 0.3) is 0 Å². The second kappa shape index (κ2) is 15.4. The third-order valence-electron chi connectivity index (χ3n) is 4.29. The van der Waals surface area contributed by atoms with Crippen LogP contribution in [-0.4, -0.2) is 13.2 Å². The molecule has 0 aliphatic carbocycles. The summed E-state index contributed by atoms with van der Waals surface area (Å²) in [6, 6.07) is 0. The lowest BCUT2D eigenvalue weighted by Gasteiger charge is -2.08. The summed E-state index contributed by atoms with van der Waals surface area (Å²) >= 11 is 0. The van der Waals surface area contributed by atoms with Crippen LogP contribution in [0, 0.1) is 5.92 Å². The molecule has 0 fully saturated rings.